The molecule has 1 N–H and O–H groups in total. The van der Waals surface area contributed by atoms with Gasteiger partial charge < -0.3 is 10.1 Å². The van der Waals surface area contributed by atoms with Gasteiger partial charge in [0.15, 0.2) is 0 Å². The van der Waals surface area contributed by atoms with Crippen LogP contribution in [0.2, 0.25) is 0 Å². The van der Waals surface area contributed by atoms with Crippen LogP contribution in [-0.4, -0.2) is 15.1 Å². The Hall–Kier alpha value is -2.43. The van der Waals surface area contributed by atoms with Gasteiger partial charge in [0.1, 0.15) is 10.9 Å². The Balaban J connectivity index is 2.56. The van der Waals surface area contributed by atoms with Crippen LogP contribution in [0.25, 0.3) is 21.7 Å². The summed E-state index contributed by atoms with van der Waals surface area (Å²) in [7, 11) is 0. The summed E-state index contributed by atoms with van der Waals surface area (Å²) in [4.78, 5) is 10.4. The van der Waals surface area contributed by atoms with Gasteiger partial charge in [-0.1, -0.05) is 35.4 Å². The van der Waals surface area contributed by atoms with Crippen molar-refractivity contribution in [2.45, 2.75) is 0 Å². The first-order valence-electron chi connectivity index (χ1n) is 4.77. The third kappa shape index (κ3) is 1.08. The van der Waals surface area contributed by atoms with Gasteiger partial charge in [-0.15, -0.1) is 5.10 Å². The molecule has 0 fully saturated rings. The Bertz CT molecular complexity index is 703. The van der Waals surface area contributed by atoms with Crippen molar-refractivity contribution in [3.63, 3.8) is 0 Å². The maximum absolute atomic E-state index is 10.9. The minimum absolute atomic E-state index is 0.0493. The number of fused-ring (bicyclic) bond motifs is 3. The molecule has 0 radical (unpaired) electrons. The lowest BCUT2D eigenvalue weighted by molar-refractivity contribution is -0.387. The van der Waals surface area contributed by atoms with E-state index in [1.807, 2.05) is 30.3 Å². The number of benzene rings is 2. The highest BCUT2D eigenvalue weighted by Crippen LogP contribution is 2.30. The summed E-state index contributed by atoms with van der Waals surface area (Å²) in [6, 6.07) is 11.2. The van der Waals surface area contributed by atoms with E-state index in [0.717, 1.165) is 10.8 Å². The van der Waals surface area contributed by atoms with E-state index in [1.165, 1.54) is 0 Å². The number of hydrogen-bond donors (Lipinski definition) is 1. The summed E-state index contributed by atoms with van der Waals surface area (Å²) in [6.07, 6.45) is 0. The van der Waals surface area contributed by atoms with Crippen molar-refractivity contribution in [2.24, 2.45) is 0 Å². The van der Waals surface area contributed by atoms with E-state index >= 15 is 0 Å². The summed E-state index contributed by atoms with van der Waals surface area (Å²) in [5, 5.41) is 19.6. The number of nitro groups is 1. The van der Waals surface area contributed by atoms with Crippen LogP contribution in [-0.2, 0) is 0 Å². The maximum Gasteiger partial charge on any atom is 0.351 e. The fourth-order valence-electron chi connectivity index (χ4n) is 1.90. The van der Waals surface area contributed by atoms with Gasteiger partial charge in [0.05, 0.1) is 0 Å². The monoisotopic (exact) mass is 213 g/mol. The largest absolute Gasteiger partial charge is 0.358 e. The Morgan fingerprint density at radius 1 is 1.19 bits per heavy atom. The van der Waals surface area contributed by atoms with Crippen molar-refractivity contribution >= 4 is 27.5 Å². The van der Waals surface area contributed by atoms with Crippen LogP contribution in [0.15, 0.2) is 36.4 Å². The first kappa shape index (κ1) is 8.84. The van der Waals surface area contributed by atoms with Gasteiger partial charge in [-0.05, 0) is 21.8 Å². The predicted molar refractivity (Wildman–Crippen MR) is 60.3 cm³/mol. The highest BCUT2D eigenvalue weighted by atomic mass is 16.6. The molecule has 0 saturated carbocycles. The zero-order valence-electron chi connectivity index (χ0n) is 8.18. The van der Waals surface area contributed by atoms with Gasteiger partial charge in [-0.2, -0.15) is 0 Å². The molecule has 1 heterocycles. The number of hydrogen-bond acceptors (Lipinski definition) is 3. The van der Waals surface area contributed by atoms with Crippen molar-refractivity contribution in [1.29, 1.82) is 0 Å². The van der Waals surface area contributed by atoms with E-state index in [9.17, 15) is 10.1 Å². The number of nitrogens with zero attached hydrogens (tertiary/aromatic N) is 2. The molecule has 3 aromatic rings. The fraction of sp³-hybridized carbons (Fsp3) is 0. The Morgan fingerprint density at radius 2 is 2.00 bits per heavy atom. The van der Waals surface area contributed by atoms with Crippen LogP contribution in [0, 0.1) is 10.1 Å². The van der Waals surface area contributed by atoms with Crippen molar-refractivity contribution in [1.82, 2.24) is 10.2 Å². The first-order chi connectivity index (χ1) is 7.77. The van der Waals surface area contributed by atoms with Gasteiger partial charge in [0, 0.05) is 0 Å². The summed E-state index contributed by atoms with van der Waals surface area (Å²) >= 11 is 0. The summed E-state index contributed by atoms with van der Waals surface area (Å²) in [5.74, 6) is -0.0493. The number of rotatable bonds is 1. The van der Waals surface area contributed by atoms with E-state index in [4.69, 9.17) is 0 Å². The van der Waals surface area contributed by atoms with Crippen molar-refractivity contribution < 1.29 is 4.92 Å². The van der Waals surface area contributed by atoms with Crippen LogP contribution >= 0.6 is 0 Å². The molecule has 0 bridgehead atoms. The summed E-state index contributed by atoms with van der Waals surface area (Å²) < 4.78 is 0. The molecule has 0 saturated heterocycles. The van der Waals surface area contributed by atoms with Gasteiger partial charge in [0.25, 0.3) is 0 Å². The molecular weight excluding hydrogens is 206 g/mol. The number of nitrogens with one attached hydrogen (secondary N) is 1. The standard InChI is InChI=1S/C11H7N3O2/c15-14(16)11-10-8-4-2-1-3-7(8)5-6-9(10)12-13-11/h1-6H,(H,12,13). The lowest BCUT2D eigenvalue weighted by Gasteiger charge is -1.97. The molecule has 5 heteroatoms. The minimum atomic E-state index is -0.443. The van der Waals surface area contributed by atoms with Crippen molar-refractivity contribution in [2.75, 3.05) is 0 Å². The van der Waals surface area contributed by atoms with Gasteiger partial charge in [-0.3, -0.25) is 0 Å². The molecule has 3 rings (SSSR count). The minimum Gasteiger partial charge on any atom is -0.358 e. The zero-order chi connectivity index (χ0) is 11.1. The normalized spacial score (nSPS) is 11.0. The fourth-order valence-corrected chi connectivity index (χ4v) is 1.90. The lowest BCUT2D eigenvalue weighted by atomic mass is 10.1. The van der Waals surface area contributed by atoms with E-state index in [-0.39, 0.29) is 5.82 Å². The van der Waals surface area contributed by atoms with Gasteiger partial charge in [0.2, 0.25) is 0 Å². The van der Waals surface area contributed by atoms with E-state index in [2.05, 4.69) is 10.2 Å². The molecule has 5 nitrogen and oxygen atoms in total. The smallest absolute Gasteiger partial charge is 0.351 e. The van der Waals surface area contributed by atoms with Crippen molar-refractivity contribution in [3.05, 3.63) is 46.5 Å². The van der Waals surface area contributed by atoms with Crippen LogP contribution in [0.3, 0.4) is 0 Å². The third-order valence-corrected chi connectivity index (χ3v) is 2.61. The second kappa shape index (κ2) is 3.03. The summed E-state index contributed by atoms with van der Waals surface area (Å²) in [5.41, 5.74) is 0.616. The van der Waals surface area contributed by atoms with Gasteiger partial charge >= 0.3 is 5.82 Å². The molecule has 0 aliphatic carbocycles. The van der Waals surface area contributed by atoms with Crippen molar-refractivity contribution in [3.8, 4) is 0 Å². The quantitative estimate of drug-likeness (QED) is 0.498. The average molecular weight is 213 g/mol. The predicted octanol–water partition coefficient (Wildman–Crippen LogP) is 2.62. The van der Waals surface area contributed by atoms with E-state index in [1.54, 1.807) is 6.07 Å². The number of H-pyrrole nitrogens is 1. The highest BCUT2D eigenvalue weighted by Gasteiger charge is 2.16. The maximum atomic E-state index is 10.9. The molecule has 1 aromatic heterocycles. The molecule has 0 amide bonds. The molecule has 16 heavy (non-hydrogen) atoms. The van der Waals surface area contributed by atoms with Crippen LogP contribution < -0.4 is 0 Å². The topological polar surface area (TPSA) is 71.8 Å². The molecule has 0 spiro atoms. The Kier molecular flexibility index (Phi) is 1.67. The van der Waals surface area contributed by atoms with Crippen LogP contribution in [0.4, 0.5) is 5.82 Å². The second-order valence-corrected chi connectivity index (χ2v) is 3.51. The molecule has 0 aliphatic rings. The molecule has 0 atom stereocenters. The summed E-state index contributed by atoms with van der Waals surface area (Å²) in [6.45, 7) is 0. The highest BCUT2D eigenvalue weighted by molar-refractivity contribution is 6.10. The lowest BCUT2D eigenvalue weighted by Crippen LogP contribution is -1.88. The number of aromatic amines is 1. The van der Waals surface area contributed by atoms with E-state index < -0.39 is 4.92 Å². The SMILES string of the molecule is O=[N+]([O-])c1[nH]nc2ccc3ccccc3c12. The molecular formula is C11H7N3O2. The van der Waals surface area contributed by atoms with Crippen LogP contribution in [0.1, 0.15) is 0 Å². The average Bonchev–Trinajstić information content (AvgIpc) is 2.73. The van der Waals surface area contributed by atoms with Gasteiger partial charge in [-0.25, -0.2) is 0 Å². The van der Waals surface area contributed by atoms with Crippen LogP contribution in [0.5, 0.6) is 0 Å². The van der Waals surface area contributed by atoms with E-state index in [0.29, 0.717) is 10.9 Å². The molecule has 2 aromatic carbocycles. The zero-order valence-corrected chi connectivity index (χ0v) is 8.18. The Labute approximate surface area is 89.8 Å². The molecule has 78 valence electrons. The molecule has 0 unspecified atom stereocenters. The first-order valence-corrected chi connectivity index (χ1v) is 4.77. The number of aromatic nitrogens is 2. The second-order valence-electron chi connectivity index (χ2n) is 3.51. The third-order valence-electron chi connectivity index (χ3n) is 2.61. The Morgan fingerprint density at radius 3 is 2.81 bits per heavy atom. The molecule has 0 aliphatic heterocycles.